The van der Waals surface area contributed by atoms with E-state index in [1.807, 2.05) is 12.1 Å². The van der Waals surface area contributed by atoms with Crippen LogP contribution in [0.25, 0.3) is 0 Å². The topological polar surface area (TPSA) is 63.6 Å². The Morgan fingerprint density at radius 3 is 2.95 bits per heavy atom. The van der Waals surface area contributed by atoms with Gasteiger partial charge in [0.2, 0.25) is 0 Å². The smallest absolute Gasteiger partial charge is 0.156 e. The fourth-order valence-electron chi connectivity index (χ4n) is 2.94. The minimum absolute atomic E-state index is 0.197. The van der Waals surface area contributed by atoms with Gasteiger partial charge in [0, 0.05) is 6.42 Å². The summed E-state index contributed by atoms with van der Waals surface area (Å²) in [5.41, 5.74) is 1.75. The number of aliphatic hydroxyl groups excluding tert-OH is 1. The molecule has 104 valence electrons. The van der Waals surface area contributed by atoms with E-state index in [1.165, 1.54) is 0 Å². The number of hydrogen-bond acceptors (Lipinski definition) is 4. The minimum Gasteiger partial charge on any atom is -0.493 e. The Kier molecular flexibility index (Phi) is 3.27. The number of sulfone groups is 1. The Bertz CT molecular complexity index is 579. The Labute approximate surface area is 113 Å². The average Bonchev–Trinajstić information content (AvgIpc) is 2.84. The van der Waals surface area contributed by atoms with Crippen LogP contribution in [-0.4, -0.2) is 31.1 Å². The molecule has 0 radical (unpaired) electrons. The highest BCUT2D eigenvalue weighted by Crippen LogP contribution is 2.34. The molecular formula is C14H18O4S. The summed E-state index contributed by atoms with van der Waals surface area (Å²) in [5.74, 6) is 1.05. The molecule has 19 heavy (non-hydrogen) atoms. The Hall–Kier alpha value is -1.07. The molecule has 2 aliphatic heterocycles. The molecule has 0 saturated carbocycles. The molecule has 2 atom stereocenters. The van der Waals surface area contributed by atoms with E-state index in [1.54, 1.807) is 6.07 Å². The van der Waals surface area contributed by atoms with Gasteiger partial charge in [-0.15, -0.1) is 0 Å². The normalized spacial score (nSPS) is 26.5. The highest BCUT2D eigenvalue weighted by atomic mass is 32.2. The third kappa shape index (κ3) is 2.37. The van der Waals surface area contributed by atoms with Crippen LogP contribution in [0.3, 0.4) is 0 Å². The fraction of sp³-hybridized carbons (Fsp3) is 0.571. The number of ether oxygens (including phenoxy) is 1. The maximum atomic E-state index is 12.0. The first-order valence-electron chi connectivity index (χ1n) is 6.73. The Balaban J connectivity index is 1.89. The zero-order valence-corrected chi connectivity index (χ0v) is 11.5. The van der Waals surface area contributed by atoms with Crippen molar-refractivity contribution in [2.75, 3.05) is 12.4 Å². The van der Waals surface area contributed by atoms with Gasteiger partial charge in [-0.2, -0.15) is 0 Å². The Morgan fingerprint density at radius 2 is 2.16 bits per heavy atom. The number of hydrogen-bond donors (Lipinski definition) is 1. The van der Waals surface area contributed by atoms with E-state index in [0.717, 1.165) is 24.2 Å². The summed E-state index contributed by atoms with van der Waals surface area (Å²) in [4.78, 5) is 0. The first-order valence-corrected chi connectivity index (χ1v) is 8.45. The summed E-state index contributed by atoms with van der Waals surface area (Å²) in [5, 5.41) is 9.74. The van der Waals surface area contributed by atoms with E-state index in [0.29, 0.717) is 25.0 Å². The van der Waals surface area contributed by atoms with Gasteiger partial charge < -0.3 is 9.84 Å². The van der Waals surface area contributed by atoms with Crippen LogP contribution in [-0.2, 0) is 16.3 Å². The van der Waals surface area contributed by atoms with Crippen LogP contribution in [0.5, 0.6) is 5.75 Å². The fourth-order valence-corrected chi connectivity index (χ4v) is 4.92. The number of rotatable bonds is 2. The monoisotopic (exact) mass is 282 g/mol. The summed E-state index contributed by atoms with van der Waals surface area (Å²) >= 11 is 0. The van der Waals surface area contributed by atoms with Gasteiger partial charge in [0.05, 0.1) is 23.7 Å². The molecule has 2 unspecified atom stereocenters. The van der Waals surface area contributed by atoms with Crippen molar-refractivity contribution in [3.8, 4) is 5.75 Å². The second-order valence-corrected chi connectivity index (χ2v) is 7.65. The van der Waals surface area contributed by atoms with Crippen molar-refractivity contribution in [3.05, 3.63) is 29.3 Å². The predicted molar refractivity (Wildman–Crippen MR) is 72.0 cm³/mol. The zero-order valence-electron chi connectivity index (χ0n) is 10.7. The van der Waals surface area contributed by atoms with Crippen LogP contribution in [0.15, 0.2) is 18.2 Å². The molecule has 2 aliphatic rings. The highest BCUT2D eigenvalue weighted by Gasteiger charge is 2.35. The van der Waals surface area contributed by atoms with Gasteiger partial charge >= 0.3 is 0 Å². The summed E-state index contributed by atoms with van der Waals surface area (Å²) < 4.78 is 29.5. The molecule has 5 heteroatoms. The molecule has 1 N–H and O–H groups in total. The second-order valence-electron chi connectivity index (χ2n) is 5.31. The lowest BCUT2D eigenvalue weighted by atomic mass is 9.99. The zero-order chi connectivity index (χ0) is 13.5. The third-order valence-corrected chi connectivity index (χ3v) is 6.31. The van der Waals surface area contributed by atoms with Crippen LogP contribution in [0.4, 0.5) is 0 Å². The van der Waals surface area contributed by atoms with E-state index in [2.05, 4.69) is 0 Å². The molecule has 0 amide bonds. The van der Waals surface area contributed by atoms with Crippen molar-refractivity contribution in [1.29, 1.82) is 0 Å². The van der Waals surface area contributed by atoms with Gasteiger partial charge in [-0.25, -0.2) is 8.42 Å². The molecule has 0 bridgehead atoms. The van der Waals surface area contributed by atoms with Gasteiger partial charge in [0.15, 0.2) is 9.84 Å². The van der Waals surface area contributed by atoms with Crippen LogP contribution >= 0.6 is 0 Å². The molecular weight excluding hydrogens is 264 g/mol. The maximum Gasteiger partial charge on any atom is 0.156 e. The second kappa shape index (κ2) is 4.80. The summed E-state index contributed by atoms with van der Waals surface area (Å²) in [7, 11) is -3.17. The third-order valence-electron chi connectivity index (χ3n) is 4.04. The van der Waals surface area contributed by atoms with Crippen LogP contribution in [0.1, 0.15) is 36.5 Å². The largest absolute Gasteiger partial charge is 0.493 e. The summed E-state index contributed by atoms with van der Waals surface area (Å²) in [6.07, 6.45) is 2.04. The molecule has 1 aromatic carbocycles. The van der Waals surface area contributed by atoms with Crippen LogP contribution in [0.2, 0.25) is 0 Å². The average molecular weight is 282 g/mol. The Morgan fingerprint density at radius 1 is 1.32 bits per heavy atom. The first-order chi connectivity index (χ1) is 9.08. The van der Waals surface area contributed by atoms with E-state index < -0.39 is 21.2 Å². The SMILES string of the molecule is O=S1(=O)CCCCC1C(O)c1ccc2c(c1)CCO2. The molecule has 1 fully saturated rings. The molecule has 0 spiro atoms. The first kappa shape index (κ1) is 12.9. The standard InChI is InChI=1S/C14H18O4S/c15-14(13-3-1-2-8-19(13,16)17)11-4-5-12-10(9-11)6-7-18-12/h4-5,9,13-15H,1-3,6-8H2. The maximum absolute atomic E-state index is 12.0. The molecule has 1 aromatic rings. The van der Waals surface area contributed by atoms with Crippen molar-refractivity contribution in [2.45, 2.75) is 37.0 Å². The highest BCUT2D eigenvalue weighted by molar-refractivity contribution is 7.92. The molecule has 3 rings (SSSR count). The van der Waals surface area contributed by atoms with Crippen LogP contribution < -0.4 is 4.74 Å². The van der Waals surface area contributed by atoms with Gasteiger partial charge in [0.25, 0.3) is 0 Å². The van der Waals surface area contributed by atoms with E-state index in [4.69, 9.17) is 4.74 Å². The number of aliphatic hydroxyl groups is 1. The van der Waals surface area contributed by atoms with Crippen molar-refractivity contribution in [2.24, 2.45) is 0 Å². The van der Waals surface area contributed by atoms with Gasteiger partial charge in [-0.3, -0.25) is 0 Å². The minimum atomic E-state index is -3.17. The van der Waals surface area contributed by atoms with E-state index in [-0.39, 0.29) is 5.75 Å². The van der Waals surface area contributed by atoms with E-state index >= 15 is 0 Å². The van der Waals surface area contributed by atoms with Crippen molar-refractivity contribution in [1.82, 2.24) is 0 Å². The van der Waals surface area contributed by atoms with Gasteiger partial charge in [0.1, 0.15) is 5.75 Å². The quantitative estimate of drug-likeness (QED) is 0.895. The predicted octanol–water partition coefficient (Wildman–Crippen LogP) is 1.62. The van der Waals surface area contributed by atoms with Crippen LogP contribution in [0, 0.1) is 0 Å². The molecule has 4 nitrogen and oxygen atoms in total. The molecule has 0 aromatic heterocycles. The molecule has 2 heterocycles. The summed E-state index contributed by atoms with van der Waals surface area (Å²) in [6, 6.07) is 5.49. The lowest BCUT2D eigenvalue weighted by Crippen LogP contribution is -2.33. The molecule has 1 saturated heterocycles. The lowest BCUT2D eigenvalue weighted by Gasteiger charge is -2.27. The summed E-state index contributed by atoms with van der Waals surface area (Å²) in [6.45, 7) is 0.663. The van der Waals surface area contributed by atoms with Crippen molar-refractivity contribution >= 4 is 9.84 Å². The molecule has 0 aliphatic carbocycles. The van der Waals surface area contributed by atoms with Gasteiger partial charge in [-0.1, -0.05) is 12.5 Å². The number of fused-ring (bicyclic) bond motifs is 1. The van der Waals surface area contributed by atoms with E-state index in [9.17, 15) is 13.5 Å². The van der Waals surface area contributed by atoms with Gasteiger partial charge in [-0.05, 0) is 36.1 Å². The number of benzene rings is 1. The lowest BCUT2D eigenvalue weighted by molar-refractivity contribution is 0.164. The van der Waals surface area contributed by atoms with Crippen molar-refractivity contribution in [3.63, 3.8) is 0 Å². The van der Waals surface area contributed by atoms with Crippen molar-refractivity contribution < 1.29 is 18.3 Å².